The van der Waals surface area contributed by atoms with Crippen molar-refractivity contribution in [1.29, 1.82) is 0 Å². The van der Waals surface area contributed by atoms with Crippen molar-refractivity contribution >= 4 is 22.1 Å². The molecule has 0 aliphatic carbocycles. The number of aromatic nitrogens is 4. The average molecular weight is 993 g/mol. The standard InChI is InChI=1S/2C20H12F2N2.3C5H10O.Ru/c2*21-15-9-5-13(6-10-15)19-20(14-7-11-16(22)12-8-14)24-18-4-2-1-3-17(18)23-19;3*1-3-4-5(2)6;/h2*1-12H;3*6H,2-4H2,1H3;/q;;;;;+3/p-3. The summed E-state index contributed by atoms with van der Waals surface area (Å²) >= 11 is 0. The first kappa shape index (κ1) is 54.3. The molecule has 1 radical (unpaired) electrons. The Bertz CT molecular complexity index is 2430. The normalized spacial score (nSPS) is 10.0. The molecule has 345 valence electrons. The minimum Gasteiger partial charge on any atom is -0.876 e. The number of benzene rings is 6. The summed E-state index contributed by atoms with van der Waals surface area (Å²) in [6.07, 6.45) is 4.63. The van der Waals surface area contributed by atoms with Gasteiger partial charge in [0.15, 0.2) is 0 Å². The first-order valence-electron chi connectivity index (χ1n) is 21.3. The first-order valence-corrected chi connectivity index (χ1v) is 21.3. The Morgan fingerprint density at radius 2 is 0.537 bits per heavy atom. The van der Waals surface area contributed by atoms with Crippen LogP contribution in [-0.4, -0.2) is 19.9 Å². The maximum Gasteiger partial charge on any atom is 3.00 e. The van der Waals surface area contributed by atoms with E-state index in [1.807, 2.05) is 69.3 Å². The molecule has 2 aromatic heterocycles. The summed E-state index contributed by atoms with van der Waals surface area (Å²) in [6.45, 7) is 15.5. The van der Waals surface area contributed by atoms with Gasteiger partial charge in [0.25, 0.3) is 0 Å². The van der Waals surface area contributed by atoms with Crippen molar-refractivity contribution in [2.75, 3.05) is 0 Å². The van der Waals surface area contributed by atoms with Crippen LogP contribution < -0.4 is 15.3 Å². The smallest absolute Gasteiger partial charge is 0.876 e. The van der Waals surface area contributed by atoms with Crippen molar-refractivity contribution < 1.29 is 52.4 Å². The monoisotopic (exact) mass is 993 g/mol. The van der Waals surface area contributed by atoms with Gasteiger partial charge in [-0.1, -0.05) is 64.3 Å². The average Bonchev–Trinajstić information content (AvgIpc) is 3.30. The molecule has 0 fully saturated rings. The van der Waals surface area contributed by atoms with Crippen LogP contribution in [0.4, 0.5) is 17.6 Å². The predicted octanol–water partition coefficient (Wildman–Crippen LogP) is 12.5. The Kier molecular flexibility index (Phi) is 22.8. The second-order valence-corrected chi connectivity index (χ2v) is 14.7. The summed E-state index contributed by atoms with van der Waals surface area (Å²) < 4.78 is 53.0. The molecule has 0 unspecified atom stereocenters. The van der Waals surface area contributed by atoms with Gasteiger partial charge < -0.3 is 15.3 Å². The third kappa shape index (κ3) is 17.7. The van der Waals surface area contributed by atoms with E-state index in [1.54, 1.807) is 48.5 Å². The molecule has 0 saturated heterocycles. The van der Waals surface area contributed by atoms with Crippen molar-refractivity contribution in [2.24, 2.45) is 0 Å². The van der Waals surface area contributed by atoms with Gasteiger partial charge in [0.2, 0.25) is 0 Å². The number of nitrogens with zero attached hydrogens (tertiary/aromatic N) is 4. The molecule has 8 rings (SSSR count). The molecule has 2 heterocycles. The molecule has 0 N–H and O–H groups in total. The van der Waals surface area contributed by atoms with Gasteiger partial charge in [0.1, 0.15) is 23.3 Å². The van der Waals surface area contributed by atoms with Gasteiger partial charge in [-0.05, 0) is 141 Å². The molecule has 0 saturated carbocycles. The van der Waals surface area contributed by atoms with Crippen LogP contribution >= 0.6 is 0 Å². The molecule has 7 nitrogen and oxygen atoms in total. The van der Waals surface area contributed by atoms with E-state index in [0.29, 0.717) is 42.0 Å². The second kappa shape index (κ2) is 28.1. The van der Waals surface area contributed by atoms with E-state index in [2.05, 4.69) is 19.7 Å². The largest absolute Gasteiger partial charge is 3.00 e. The van der Waals surface area contributed by atoms with E-state index in [0.717, 1.165) is 63.6 Å². The van der Waals surface area contributed by atoms with E-state index >= 15 is 0 Å². The molecular formula is C55H51F4N4O3Ru. The molecule has 0 aliphatic rings. The Balaban J connectivity index is 0.000000259. The minimum atomic E-state index is -0.309. The molecule has 8 aromatic rings. The first-order chi connectivity index (χ1) is 31.7. The fourth-order valence-corrected chi connectivity index (χ4v) is 6.07. The van der Waals surface area contributed by atoms with Crippen molar-refractivity contribution in [3.63, 3.8) is 0 Å². The topological polar surface area (TPSA) is 121 Å². The van der Waals surface area contributed by atoms with Crippen LogP contribution in [0.1, 0.15) is 59.3 Å². The summed E-state index contributed by atoms with van der Waals surface area (Å²) in [5.74, 6) is -1.12. The Morgan fingerprint density at radius 1 is 0.358 bits per heavy atom. The van der Waals surface area contributed by atoms with Crippen LogP contribution in [0.15, 0.2) is 183 Å². The van der Waals surface area contributed by atoms with E-state index in [-0.39, 0.29) is 60.0 Å². The van der Waals surface area contributed by atoms with E-state index in [1.165, 1.54) is 48.5 Å². The van der Waals surface area contributed by atoms with Crippen LogP contribution in [0.3, 0.4) is 0 Å². The van der Waals surface area contributed by atoms with Crippen molar-refractivity contribution in [3.8, 4) is 45.0 Å². The molecule has 0 atom stereocenters. The number of allylic oxidation sites excluding steroid dienone is 3. The van der Waals surface area contributed by atoms with Crippen LogP contribution in [-0.2, 0) is 19.5 Å². The Labute approximate surface area is 402 Å². The zero-order valence-corrected chi connectivity index (χ0v) is 39.3. The molecule has 0 spiro atoms. The number of hydrogen-bond acceptors (Lipinski definition) is 7. The van der Waals surface area contributed by atoms with Gasteiger partial charge in [-0.2, -0.15) is 0 Å². The summed E-state index contributed by atoms with van der Waals surface area (Å²) in [6, 6.07) is 39.5. The van der Waals surface area contributed by atoms with Gasteiger partial charge in [-0.25, -0.2) is 37.5 Å². The molecule has 0 aliphatic heterocycles. The summed E-state index contributed by atoms with van der Waals surface area (Å²) in [7, 11) is 0. The van der Waals surface area contributed by atoms with Crippen molar-refractivity contribution in [3.05, 3.63) is 206 Å². The van der Waals surface area contributed by atoms with Crippen LogP contribution in [0.5, 0.6) is 0 Å². The number of fused-ring (bicyclic) bond motifs is 2. The maximum atomic E-state index is 13.2. The fraction of sp³-hybridized carbons (Fsp3) is 0.164. The molecule has 0 bridgehead atoms. The van der Waals surface area contributed by atoms with Gasteiger partial charge in [-0.3, -0.25) is 0 Å². The second-order valence-electron chi connectivity index (χ2n) is 14.7. The number of halogens is 4. The fourth-order valence-electron chi connectivity index (χ4n) is 6.07. The van der Waals surface area contributed by atoms with Crippen LogP contribution in [0, 0.1) is 23.3 Å². The van der Waals surface area contributed by atoms with Gasteiger partial charge in [-0.15, -0.1) is 37.0 Å². The van der Waals surface area contributed by atoms with E-state index in [4.69, 9.17) is 19.9 Å². The quantitative estimate of drug-likeness (QED) is 0.0760. The molecule has 0 amide bonds. The third-order valence-electron chi connectivity index (χ3n) is 9.20. The Hall–Kier alpha value is -7.04. The van der Waals surface area contributed by atoms with Crippen molar-refractivity contribution in [2.45, 2.75) is 59.3 Å². The third-order valence-corrected chi connectivity index (χ3v) is 9.20. The molecule has 6 aromatic carbocycles. The van der Waals surface area contributed by atoms with E-state index in [9.17, 15) is 32.9 Å². The molecule has 12 heteroatoms. The zero-order chi connectivity index (χ0) is 48.0. The number of rotatable bonds is 10. The van der Waals surface area contributed by atoms with Crippen molar-refractivity contribution in [1.82, 2.24) is 19.9 Å². The molecule has 67 heavy (non-hydrogen) atoms. The number of hydrogen-bond donors (Lipinski definition) is 0. The van der Waals surface area contributed by atoms with Crippen LogP contribution in [0.2, 0.25) is 0 Å². The molecular weight excluding hydrogens is 942 g/mol. The summed E-state index contributed by atoms with van der Waals surface area (Å²) in [5.41, 5.74) is 8.60. The minimum absolute atomic E-state index is 0. The van der Waals surface area contributed by atoms with Gasteiger partial charge in [0.05, 0.1) is 44.8 Å². The Morgan fingerprint density at radius 3 is 0.672 bits per heavy atom. The predicted molar refractivity (Wildman–Crippen MR) is 253 cm³/mol. The zero-order valence-electron chi connectivity index (χ0n) is 37.6. The van der Waals surface area contributed by atoms with Gasteiger partial charge in [0, 0.05) is 22.3 Å². The number of para-hydroxylation sites is 4. The van der Waals surface area contributed by atoms with E-state index < -0.39 is 0 Å². The summed E-state index contributed by atoms with van der Waals surface area (Å²) in [5, 5.41) is 29.8. The van der Waals surface area contributed by atoms with Gasteiger partial charge >= 0.3 is 19.5 Å². The SMILES string of the molecule is C=C([O-])CCC.C=C([O-])CCC.C=C([O-])CCC.Fc1ccc(-c2nc3ccccc3nc2-c2ccc(F)cc2)cc1.Fc1ccc(-c2nc3ccccc3nc2-c2ccc(F)cc2)cc1.[Ru+3]. The van der Waals surface area contributed by atoms with Crippen LogP contribution in [0.25, 0.3) is 67.1 Å². The maximum absolute atomic E-state index is 13.2. The summed E-state index contributed by atoms with van der Waals surface area (Å²) in [4.78, 5) is 18.8.